The van der Waals surface area contributed by atoms with E-state index >= 15 is 0 Å². The minimum Gasteiger partial charge on any atom is -0.481 e. The van der Waals surface area contributed by atoms with E-state index < -0.39 is 5.97 Å². The molecule has 104 valence electrons. The van der Waals surface area contributed by atoms with Gasteiger partial charge in [-0.2, -0.15) is 0 Å². The molecule has 1 aromatic rings. The second-order valence-electron chi connectivity index (χ2n) is 3.99. The molecule has 0 atom stereocenters. The normalized spacial score (nSPS) is 9.95. The van der Waals surface area contributed by atoms with Crippen LogP contribution >= 0.6 is 11.8 Å². The molecule has 0 fully saturated rings. The zero-order chi connectivity index (χ0) is 14.1. The van der Waals surface area contributed by atoms with E-state index in [1.165, 1.54) is 0 Å². The first-order valence-corrected chi connectivity index (χ1v) is 7.07. The van der Waals surface area contributed by atoms with Crippen LogP contribution in [-0.4, -0.2) is 48.6 Å². The predicted octanol–water partition coefficient (Wildman–Crippen LogP) is 1.06. The summed E-state index contributed by atoms with van der Waals surface area (Å²) in [6.07, 6.45) is 0. The Balaban J connectivity index is 2.16. The highest BCUT2D eigenvalue weighted by molar-refractivity contribution is 8.00. The topological polar surface area (TPSA) is 69.6 Å². The summed E-state index contributed by atoms with van der Waals surface area (Å²) in [5, 5.41) is 11.2. The largest absolute Gasteiger partial charge is 0.481 e. The fourth-order valence-electron chi connectivity index (χ4n) is 1.46. The molecule has 0 aliphatic carbocycles. The van der Waals surface area contributed by atoms with Gasteiger partial charge in [0.05, 0.1) is 11.5 Å². The van der Waals surface area contributed by atoms with Crippen molar-refractivity contribution in [2.24, 2.45) is 0 Å². The summed E-state index contributed by atoms with van der Waals surface area (Å²) < 4.78 is 0. The summed E-state index contributed by atoms with van der Waals surface area (Å²) in [5.41, 5.74) is 1.09. The van der Waals surface area contributed by atoms with Crippen LogP contribution in [0.3, 0.4) is 0 Å². The lowest BCUT2D eigenvalue weighted by Gasteiger charge is -2.19. The van der Waals surface area contributed by atoms with Gasteiger partial charge in [0, 0.05) is 25.8 Å². The third-order valence-corrected chi connectivity index (χ3v) is 3.34. The number of likely N-dealkylation sites (N-methyl/N-ethyl adjacent to an activating group) is 1. The molecule has 0 saturated carbocycles. The maximum atomic E-state index is 11.4. The van der Waals surface area contributed by atoms with Crippen molar-refractivity contribution >= 4 is 29.3 Å². The minimum absolute atomic E-state index is 0.0443. The number of hydrogen-bond donors (Lipinski definition) is 2. The molecular weight excluding hydrogens is 264 g/mol. The Morgan fingerprint density at radius 2 is 1.95 bits per heavy atom. The molecule has 0 heterocycles. The van der Waals surface area contributed by atoms with E-state index in [9.17, 15) is 9.59 Å². The zero-order valence-electron chi connectivity index (χ0n) is 10.8. The predicted molar refractivity (Wildman–Crippen MR) is 77.7 cm³/mol. The number of anilines is 1. The van der Waals surface area contributed by atoms with Crippen LogP contribution in [0.25, 0.3) is 0 Å². The Labute approximate surface area is 117 Å². The minimum atomic E-state index is -0.901. The van der Waals surface area contributed by atoms with Crippen molar-refractivity contribution in [3.8, 4) is 0 Å². The molecule has 0 bridgehead atoms. The van der Waals surface area contributed by atoms with Crippen molar-refractivity contribution < 1.29 is 14.7 Å². The number of rotatable bonds is 8. The number of aliphatic carboxylic acids is 1. The molecule has 1 aromatic carbocycles. The molecule has 19 heavy (non-hydrogen) atoms. The Morgan fingerprint density at radius 1 is 1.26 bits per heavy atom. The van der Waals surface area contributed by atoms with Crippen molar-refractivity contribution in [1.29, 1.82) is 0 Å². The average Bonchev–Trinajstić information content (AvgIpc) is 2.39. The molecule has 5 nitrogen and oxygen atoms in total. The fraction of sp³-hybridized carbons (Fsp3) is 0.385. The maximum Gasteiger partial charge on any atom is 0.313 e. The highest BCUT2D eigenvalue weighted by Gasteiger charge is 2.04. The van der Waals surface area contributed by atoms with Crippen LogP contribution in [0.4, 0.5) is 5.69 Å². The number of amides is 1. The second-order valence-corrected chi connectivity index (χ2v) is 4.98. The second kappa shape index (κ2) is 8.42. The van der Waals surface area contributed by atoms with Gasteiger partial charge in [0.1, 0.15) is 0 Å². The average molecular weight is 282 g/mol. The van der Waals surface area contributed by atoms with Gasteiger partial charge in [-0.3, -0.25) is 9.59 Å². The number of nitrogens with zero attached hydrogens (tertiary/aromatic N) is 1. The summed E-state index contributed by atoms with van der Waals surface area (Å²) in [7, 11) is 1.96. The number of hydrogen-bond acceptors (Lipinski definition) is 4. The molecular formula is C13H18N2O3S. The number of carboxylic acids is 1. The van der Waals surface area contributed by atoms with Crippen LogP contribution in [0.15, 0.2) is 30.3 Å². The standard InChI is InChI=1S/C13H18N2O3S/c1-15(11-5-3-2-4-6-11)8-7-14-12(16)9-19-10-13(17)18/h2-6H,7-10H2,1H3,(H,14,16)(H,17,18). The van der Waals surface area contributed by atoms with Crippen LogP contribution in [0.2, 0.25) is 0 Å². The highest BCUT2D eigenvalue weighted by atomic mass is 32.2. The van der Waals surface area contributed by atoms with Crippen LogP contribution in [0.1, 0.15) is 0 Å². The van der Waals surface area contributed by atoms with E-state index in [0.29, 0.717) is 13.1 Å². The summed E-state index contributed by atoms with van der Waals surface area (Å²) in [6.45, 7) is 1.25. The first-order valence-electron chi connectivity index (χ1n) is 5.92. The molecule has 0 unspecified atom stereocenters. The van der Waals surface area contributed by atoms with E-state index in [2.05, 4.69) is 5.32 Å². The van der Waals surface area contributed by atoms with Gasteiger partial charge in [0.25, 0.3) is 0 Å². The van der Waals surface area contributed by atoms with Crippen LogP contribution in [0.5, 0.6) is 0 Å². The quantitative estimate of drug-likeness (QED) is 0.746. The molecule has 1 rings (SSSR count). The van der Waals surface area contributed by atoms with E-state index in [4.69, 9.17) is 5.11 Å². The van der Waals surface area contributed by atoms with Gasteiger partial charge in [-0.05, 0) is 12.1 Å². The van der Waals surface area contributed by atoms with E-state index in [0.717, 1.165) is 17.4 Å². The van der Waals surface area contributed by atoms with Gasteiger partial charge in [-0.25, -0.2) is 0 Å². The number of carbonyl (C=O) groups excluding carboxylic acids is 1. The van der Waals surface area contributed by atoms with Gasteiger partial charge in [-0.15, -0.1) is 11.8 Å². The Morgan fingerprint density at radius 3 is 2.58 bits per heavy atom. The maximum absolute atomic E-state index is 11.4. The Bertz CT molecular complexity index is 412. The molecule has 1 amide bonds. The summed E-state index contributed by atoms with van der Waals surface area (Å²) >= 11 is 1.10. The number of nitrogens with one attached hydrogen (secondary N) is 1. The van der Waals surface area contributed by atoms with Gasteiger partial charge in [-0.1, -0.05) is 18.2 Å². The first kappa shape index (κ1) is 15.4. The summed E-state index contributed by atoms with van der Waals surface area (Å²) in [6, 6.07) is 9.90. The number of para-hydroxylation sites is 1. The number of thioether (sulfide) groups is 1. The zero-order valence-corrected chi connectivity index (χ0v) is 11.7. The number of carboxylic acid groups (broad SMARTS) is 1. The third kappa shape index (κ3) is 6.71. The Hall–Kier alpha value is -1.69. The molecule has 0 aromatic heterocycles. The van der Waals surface area contributed by atoms with E-state index in [1.54, 1.807) is 0 Å². The van der Waals surface area contributed by atoms with Crippen LogP contribution in [0, 0.1) is 0 Å². The van der Waals surface area contributed by atoms with Crippen LogP contribution in [-0.2, 0) is 9.59 Å². The molecule has 0 aliphatic heterocycles. The van der Waals surface area contributed by atoms with Gasteiger partial charge in [0.15, 0.2) is 0 Å². The fourth-order valence-corrected chi connectivity index (χ4v) is 2.02. The molecule has 0 radical (unpaired) electrons. The lowest BCUT2D eigenvalue weighted by atomic mass is 10.3. The lowest BCUT2D eigenvalue weighted by molar-refractivity contribution is -0.133. The molecule has 0 aliphatic rings. The Kier molecular flexibility index (Phi) is 6.81. The smallest absolute Gasteiger partial charge is 0.313 e. The summed E-state index contributed by atoms with van der Waals surface area (Å²) in [5.74, 6) is -0.895. The van der Waals surface area contributed by atoms with E-state index in [1.807, 2.05) is 42.3 Å². The SMILES string of the molecule is CN(CCNC(=O)CSCC(=O)O)c1ccccc1. The monoisotopic (exact) mass is 282 g/mol. The van der Waals surface area contributed by atoms with Gasteiger partial charge in [0.2, 0.25) is 5.91 Å². The van der Waals surface area contributed by atoms with Crippen molar-refractivity contribution in [3.05, 3.63) is 30.3 Å². The molecule has 0 saturated heterocycles. The third-order valence-electron chi connectivity index (χ3n) is 2.43. The van der Waals surface area contributed by atoms with Crippen molar-refractivity contribution in [2.75, 3.05) is 36.5 Å². The van der Waals surface area contributed by atoms with Crippen LogP contribution < -0.4 is 10.2 Å². The number of benzene rings is 1. The lowest BCUT2D eigenvalue weighted by Crippen LogP contribution is -2.34. The molecule has 2 N–H and O–H groups in total. The number of carbonyl (C=O) groups is 2. The van der Waals surface area contributed by atoms with Crippen molar-refractivity contribution in [2.45, 2.75) is 0 Å². The summed E-state index contributed by atoms with van der Waals surface area (Å²) in [4.78, 5) is 23.7. The molecule has 0 spiro atoms. The first-order chi connectivity index (χ1) is 9.09. The molecule has 6 heteroatoms. The van der Waals surface area contributed by atoms with Gasteiger partial charge >= 0.3 is 5.97 Å². The highest BCUT2D eigenvalue weighted by Crippen LogP contribution is 2.09. The van der Waals surface area contributed by atoms with Gasteiger partial charge < -0.3 is 15.3 Å². The van der Waals surface area contributed by atoms with Crippen molar-refractivity contribution in [3.63, 3.8) is 0 Å². The van der Waals surface area contributed by atoms with Crippen molar-refractivity contribution in [1.82, 2.24) is 5.32 Å². The van der Waals surface area contributed by atoms with E-state index in [-0.39, 0.29) is 17.4 Å².